The molecule has 9 heteroatoms. The van der Waals surface area contributed by atoms with Crippen LogP contribution in [0.25, 0.3) is 0 Å². The molecule has 0 aliphatic heterocycles. The molecule has 0 saturated carbocycles. The van der Waals surface area contributed by atoms with Crippen LogP contribution in [0.1, 0.15) is 21.5 Å². The Morgan fingerprint density at radius 2 is 1.40 bits per heavy atom. The fraction of sp³-hybridized carbons (Fsp3) is 0.0625. The molecule has 0 atom stereocenters. The first-order chi connectivity index (χ1) is 11.6. The molecular weight excluding hydrogens is 357 g/mol. The van der Waals surface area contributed by atoms with E-state index in [1.54, 1.807) is 0 Å². The molecule has 0 bridgehead atoms. The number of hydrogen-bond acceptors (Lipinski definition) is 2. The number of esters is 1. The van der Waals surface area contributed by atoms with E-state index in [1.165, 1.54) is 12.1 Å². The lowest BCUT2D eigenvalue weighted by atomic mass is 10.1. The van der Waals surface area contributed by atoms with Gasteiger partial charge in [0, 0.05) is 5.56 Å². The van der Waals surface area contributed by atoms with E-state index in [0.29, 0.717) is 5.56 Å². The van der Waals surface area contributed by atoms with Crippen molar-refractivity contribution in [1.82, 2.24) is 0 Å². The van der Waals surface area contributed by atoms with Gasteiger partial charge in [0.25, 0.3) is 0 Å². The van der Waals surface area contributed by atoms with E-state index in [-0.39, 0.29) is 5.56 Å². The summed E-state index contributed by atoms with van der Waals surface area (Å²) in [4.78, 5) is 11.7. The third kappa shape index (κ3) is 3.42. The largest absolute Gasteiger partial charge is 0.422 e. The summed E-state index contributed by atoms with van der Waals surface area (Å²) < 4.78 is 95.7. The zero-order valence-corrected chi connectivity index (χ0v) is 11.8. The molecule has 25 heavy (non-hydrogen) atoms. The fourth-order valence-electron chi connectivity index (χ4n) is 1.80. The van der Waals surface area contributed by atoms with Crippen LogP contribution in [0.4, 0.5) is 30.7 Å². The summed E-state index contributed by atoms with van der Waals surface area (Å²) >= 11 is 0. The Hall–Kier alpha value is -3.02. The number of carbonyl (C=O) groups excluding carboxylic acids is 1. The molecule has 0 radical (unpaired) electrons. The van der Waals surface area contributed by atoms with Gasteiger partial charge in [0.15, 0.2) is 11.6 Å². The van der Waals surface area contributed by atoms with Gasteiger partial charge in [-0.2, -0.15) is 22.0 Å². The third-order valence-corrected chi connectivity index (χ3v) is 2.99. The molecular formula is C16H5F7O2. The van der Waals surface area contributed by atoms with Crippen molar-refractivity contribution in [3.05, 3.63) is 64.2 Å². The maximum atomic E-state index is 13.6. The summed E-state index contributed by atoms with van der Waals surface area (Å²) in [5, 5.41) is 0. The molecule has 0 aliphatic rings. The molecule has 0 aromatic heterocycles. The molecule has 0 unspecified atom stereocenters. The summed E-state index contributed by atoms with van der Waals surface area (Å²) in [6, 6.07) is 4.70. The van der Waals surface area contributed by atoms with Crippen molar-refractivity contribution in [3.63, 3.8) is 0 Å². The van der Waals surface area contributed by atoms with Crippen LogP contribution < -0.4 is 4.74 Å². The monoisotopic (exact) mass is 362 g/mol. The average Bonchev–Trinajstić information content (AvgIpc) is 2.55. The number of hydrogen-bond donors (Lipinski definition) is 0. The lowest BCUT2D eigenvalue weighted by molar-refractivity contribution is -0.143. The van der Waals surface area contributed by atoms with Crippen LogP contribution in [0.15, 0.2) is 24.3 Å². The van der Waals surface area contributed by atoms with E-state index >= 15 is 0 Å². The molecule has 0 spiro atoms. The highest BCUT2D eigenvalue weighted by molar-refractivity contribution is 5.91. The first-order valence-corrected chi connectivity index (χ1v) is 6.30. The Bertz CT molecular complexity index is 848. The molecule has 2 aromatic carbocycles. The number of rotatable bonds is 2. The predicted molar refractivity (Wildman–Crippen MR) is 70.6 cm³/mol. The van der Waals surface area contributed by atoms with E-state index in [9.17, 15) is 35.5 Å². The normalized spacial score (nSPS) is 11.1. The van der Waals surface area contributed by atoms with Gasteiger partial charge in [0.05, 0.1) is 5.56 Å². The maximum absolute atomic E-state index is 13.6. The summed E-state index contributed by atoms with van der Waals surface area (Å²) in [5.41, 5.74) is -2.72. The van der Waals surface area contributed by atoms with Gasteiger partial charge in [0.1, 0.15) is 5.56 Å². The van der Waals surface area contributed by atoms with Gasteiger partial charge in [-0.15, -0.1) is 6.42 Å². The smallest absolute Gasteiger partial charge is 0.416 e. The van der Waals surface area contributed by atoms with Gasteiger partial charge in [-0.25, -0.2) is 13.6 Å². The Labute approximate surface area is 135 Å². The minimum atomic E-state index is -5.69. The summed E-state index contributed by atoms with van der Waals surface area (Å²) in [6.07, 6.45) is -0.610. The zero-order chi connectivity index (χ0) is 18.9. The predicted octanol–water partition coefficient (Wildman–Crippen LogP) is 4.46. The highest BCUT2D eigenvalue weighted by Gasteiger charge is 2.43. The van der Waals surface area contributed by atoms with Crippen LogP contribution in [0.5, 0.6) is 5.75 Å². The topological polar surface area (TPSA) is 26.3 Å². The van der Waals surface area contributed by atoms with Crippen molar-refractivity contribution in [3.8, 4) is 18.1 Å². The van der Waals surface area contributed by atoms with Crippen molar-refractivity contribution < 1.29 is 40.3 Å². The highest BCUT2D eigenvalue weighted by atomic mass is 19.4. The first kappa shape index (κ1) is 18.3. The van der Waals surface area contributed by atoms with Crippen molar-refractivity contribution in [2.45, 2.75) is 6.18 Å². The van der Waals surface area contributed by atoms with Gasteiger partial charge >= 0.3 is 12.1 Å². The van der Waals surface area contributed by atoms with Crippen molar-refractivity contribution >= 4 is 5.97 Å². The Balaban J connectivity index is 2.46. The van der Waals surface area contributed by atoms with Crippen LogP contribution in [-0.4, -0.2) is 5.97 Å². The SMILES string of the molecule is C#Cc1ccc(C(=O)Oc2c(F)c(F)c(C(F)(F)F)c(F)c2F)cc1. The van der Waals surface area contributed by atoms with Crippen molar-refractivity contribution in [2.75, 3.05) is 0 Å². The molecule has 0 amide bonds. The molecule has 0 heterocycles. The van der Waals surface area contributed by atoms with Gasteiger partial charge < -0.3 is 4.74 Å². The average molecular weight is 362 g/mol. The molecule has 2 nitrogen and oxygen atoms in total. The number of benzene rings is 2. The quantitative estimate of drug-likeness (QED) is 0.259. The van der Waals surface area contributed by atoms with E-state index in [0.717, 1.165) is 12.1 Å². The Kier molecular flexibility index (Phi) is 4.74. The van der Waals surface area contributed by atoms with Crippen LogP contribution in [0.3, 0.4) is 0 Å². The van der Waals surface area contributed by atoms with Crippen LogP contribution >= 0.6 is 0 Å². The van der Waals surface area contributed by atoms with E-state index in [1.807, 2.05) is 0 Å². The number of halogens is 7. The molecule has 130 valence electrons. The summed E-state index contributed by atoms with van der Waals surface area (Å²) in [7, 11) is 0. The van der Waals surface area contributed by atoms with Gasteiger partial charge in [-0.1, -0.05) is 5.92 Å². The summed E-state index contributed by atoms with van der Waals surface area (Å²) in [5.74, 6) is -11.6. The third-order valence-electron chi connectivity index (χ3n) is 2.99. The highest BCUT2D eigenvalue weighted by Crippen LogP contribution is 2.39. The minimum absolute atomic E-state index is 0.307. The first-order valence-electron chi connectivity index (χ1n) is 6.30. The Morgan fingerprint density at radius 1 is 0.920 bits per heavy atom. The van der Waals surface area contributed by atoms with Crippen LogP contribution in [0.2, 0.25) is 0 Å². The lowest BCUT2D eigenvalue weighted by Gasteiger charge is -2.13. The minimum Gasteiger partial charge on any atom is -0.416 e. The summed E-state index contributed by atoms with van der Waals surface area (Å²) in [6.45, 7) is 0. The van der Waals surface area contributed by atoms with Gasteiger partial charge in [-0.3, -0.25) is 0 Å². The fourth-order valence-corrected chi connectivity index (χ4v) is 1.80. The molecule has 0 saturated heterocycles. The Morgan fingerprint density at radius 3 is 1.80 bits per heavy atom. The van der Waals surface area contributed by atoms with E-state index < -0.39 is 46.7 Å². The zero-order valence-electron chi connectivity index (χ0n) is 11.8. The van der Waals surface area contributed by atoms with Crippen molar-refractivity contribution in [2.24, 2.45) is 0 Å². The van der Waals surface area contributed by atoms with Crippen LogP contribution in [0, 0.1) is 35.6 Å². The number of ether oxygens (including phenoxy) is 1. The van der Waals surface area contributed by atoms with E-state index in [2.05, 4.69) is 10.7 Å². The number of carbonyl (C=O) groups is 1. The standard InChI is InChI=1S/C16H5F7O2/c1-2-7-3-5-8(6-4-7)15(24)25-14-12(19)10(17)9(16(21,22)23)11(18)13(14)20/h1,3-6H. The second-order valence-electron chi connectivity index (χ2n) is 4.57. The van der Waals surface area contributed by atoms with Crippen molar-refractivity contribution in [1.29, 1.82) is 0 Å². The molecule has 0 aliphatic carbocycles. The number of terminal acetylenes is 1. The number of alkyl halides is 3. The molecule has 0 fully saturated rings. The molecule has 2 aromatic rings. The second-order valence-corrected chi connectivity index (χ2v) is 4.57. The maximum Gasteiger partial charge on any atom is 0.422 e. The molecule has 0 N–H and O–H groups in total. The van der Waals surface area contributed by atoms with Gasteiger partial charge in [-0.05, 0) is 24.3 Å². The lowest BCUT2D eigenvalue weighted by Crippen LogP contribution is -2.18. The molecule has 2 rings (SSSR count). The van der Waals surface area contributed by atoms with Crippen LogP contribution in [-0.2, 0) is 6.18 Å². The van der Waals surface area contributed by atoms with Gasteiger partial charge in [0.2, 0.25) is 17.4 Å². The van der Waals surface area contributed by atoms with E-state index in [4.69, 9.17) is 6.42 Å². The second kappa shape index (κ2) is 6.47.